The highest BCUT2D eigenvalue weighted by molar-refractivity contribution is 7.70. The van der Waals surface area contributed by atoms with Crippen LogP contribution in [0.5, 0.6) is 5.75 Å². The number of likely N-dealkylation sites (tertiary alicyclic amines) is 1. The summed E-state index contributed by atoms with van der Waals surface area (Å²) in [4.78, 5) is 25.9. The van der Waals surface area contributed by atoms with Gasteiger partial charge in [-0.15, -0.1) is 0 Å². The van der Waals surface area contributed by atoms with E-state index in [1.807, 2.05) is 30.3 Å². The Morgan fingerprint density at radius 2 is 1.93 bits per heavy atom. The highest BCUT2D eigenvalue weighted by atomic mass is 35.5. The van der Waals surface area contributed by atoms with Crippen LogP contribution in [-0.4, -0.2) is 84.6 Å². The van der Waals surface area contributed by atoms with Crippen molar-refractivity contribution in [1.82, 2.24) is 14.9 Å². The van der Waals surface area contributed by atoms with Crippen molar-refractivity contribution in [2.75, 3.05) is 67.5 Å². The molecule has 0 saturated carbocycles. The van der Waals surface area contributed by atoms with Crippen LogP contribution in [0.2, 0.25) is 5.02 Å². The third kappa shape index (κ3) is 7.13. The third-order valence-electron chi connectivity index (χ3n) is 7.70. The molecule has 2 fully saturated rings. The number of anilines is 6. The second-order valence-corrected chi connectivity index (χ2v) is 14.7. The topological polar surface area (TPSA) is 132 Å². The van der Waals surface area contributed by atoms with Crippen molar-refractivity contribution in [2.45, 2.75) is 25.0 Å². The first-order chi connectivity index (χ1) is 20.5. The molecule has 2 unspecified atom stereocenters. The summed E-state index contributed by atoms with van der Waals surface area (Å²) in [6.45, 7) is 10.1. The quantitative estimate of drug-likeness (QED) is 0.187. The van der Waals surface area contributed by atoms with Crippen molar-refractivity contribution < 1.29 is 19.2 Å². The summed E-state index contributed by atoms with van der Waals surface area (Å²) in [6.07, 6.45) is 4.17. The number of carbonyl (C=O) groups excluding carboxylic acids is 1. The van der Waals surface area contributed by atoms with Crippen LogP contribution in [0.25, 0.3) is 0 Å². The molecular formula is C30H37ClN7O4P. The predicted molar refractivity (Wildman–Crippen MR) is 174 cm³/mol. The van der Waals surface area contributed by atoms with Crippen LogP contribution in [0.1, 0.15) is 12.8 Å². The van der Waals surface area contributed by atoms with Gasteiger partial charge in [-0.05, 0) is 50.4 Å². The van der Waals surface area contributed by atoms with Crippen molar-refractivity contribution in [3.8, 4) is 5.75 Å². The van der Waals surface area contributed by atoms with Gasteiger partial charge in [0, 0.05) is 43.6 Å². The first-order valence-electron chi connectivity index (χ1n) is 14.1. The number of para-hydroxylation sites is 1. The molecule has 2 saturated heterocycles. The maximum Gasteiger partial charge on any atom is 0.247 e. The van der Waals surface area contributed by atoms with Crippen LogP contribution in [0.4, 0.5) is 34.5 Å². The number of nitrogens with one attached hydrogen (secondary N) is 3. The SMILES string of the molecule is C=CC(=O)Nc1cc(Nc2ncc(Cl)c(Nc3ccccc3P(C)(C)=O)n2)c(OC)cc1N1CCC(N2CCC(O)C2)C1. The molecule has 11 nitrogen and oxygen atoms in total. The zero-order chi connectivity index (χ0) is 30.7. The third-order valence-corrected chi connectivity index (χ3v) is 9.53. The van der Waals surface area contributed by atoms with E-state index >= 15 is 0 Å². The molecule has 228 valence electrons. The van der Waals surface area contributed by atoms with Crippen LogP contribution >= 0.6 is 18.7 Å². The molecule has 13 heteroatoms. The number of aromatic nitrogens is 2. The molecule has 0 bridgehead atoms. The molecular weight excluding hydrogens is 589 g/mol. The van der Waals surface area contributed by atoms with E-state index in [-0.39, 0.29) is 23.0 Å². The van der Waals surface area contributed by atoms with Gasteiger partial charge in [-0.25, -0.2) is 4.98 Å². The number of benzene rings is 2. The van der Waals surface area contributed by atoms with E-state index in [1.54, 1.807) is 26.5 Å². The zero-order valence-electron chi connectivity index (χ0n) is 24.5. The smallest absolute Gasteiger partial charge is 0.247 e. The number of carbonyl (C=O) groups is 1. The van der Waals surface area contributed by atoms with E-state index in [2.05, 4.69) is 42.3 Å². The van der Waals surface area contributed by atoms with Crippen LogP contribution < -0.4 is 30.9 Å². The number of β-amino-alcohol motifs (C(OH)–C–C–N with tert-alkyl or cyclic N) is 1. The molecule has 1 aromatic heterocycles. The van der Waals surface area contributed by atoms with E-state index in [0.717, 1.165) is 38.2 Å². The van der Waals surface area contributed by atoms with Crippen molar-refractivity contribution in [3.63, 3.8) is 0 Å². The molecule has 3 heterocycles. The molecule has 0 aliphatic carbocycles. The number of hydrogen-bond donors (Lipinski definition) is 4. The maximum absolute atomic E-state index is 12.9. The summed E-state index contributed by atoms with van der Waals surface area (Å²) in [5, 5.41) is 20.3. The average Bonchev–Trinajstić information content (AvgIpc) is 3.64. The lowest BCUT2D eigenvalue weighted by Crippen LogP contribution is -2.36. The number of rotatable bonds is 10. The van der Waals surface area contributed by atoms with E-state index in [4.69, 9.17) is 16.3 Å². The summed E-state index contributed by atoms with van der Waals surface area (Å²) in [5.41, 5.74) is 2.58. The monoisotopic (exact) mass is 625 g/mol. The summed E-state index contributed by atoms with van der Waals surface area (Å²) in [5.74, 6) is 0.767. The number of amides is 1. The Bertz CT molecular complexity index is 1570. The first kappa shape index (κ1) is 30.8. The minimum absolute atomic E-state index is 0.237. The Morgan fingerprint density at radius 1 is 1.14 bits per heavy atom. The molecule has 2 aliphatic heterocycles. The molecule has 2 aromatic carbocycles. The van der Waals surface area contributed by atoms with Gasteiger partial charge in [0.25, 0.3) is 0 Å². The highest BCUT2D eigenvalue weighted by Crippen LogP contribution is 2.41. The molecule has 0 radical (unpaired) electrons. The molecule has 43 heavy (non-hydrogen) atoms. The normalized spacial score (nSPS) is 18.9. The summed E-state index contributed by atoms with van der Waals surface area (Å²) < 4.78 is 18.6. The van der Waals surface area contributed by atoms with Crippen molar-refractivity contribution in [3.05, 3.63) is 60.3 Å². The van der Waals surface area contributed by atoms with Crippen LogP contribution in [-0.2, 0) is 9.36 Å². The van der Waals surface area contributed by atoms with Gasteiger partial charge in [0.2, 0.25) is 11.9 Å². The lowest BCUT2D eigenvalue weighted by Gasteiger charge is -2.27. The fourth-order valence-corrected chi connectivity index (χ4v) is 6.85. The van der Waals surface area contributed by atoms with Crippen LogP contribution in [0.15, 0.2) is 55.3 Å². The Morgan fingerprint density at radius 3 is 2.63 bits per heavy atom. The number of methoxy groups -OCH3 is 1. The molecule has 2 aliphatic rings. The van der Waals surface area contributed by atoms with Crippen molar-refractivity contribution in [2.24, 2.45) is 0 Å². The van der Waals surface area contributed by atoms with Gasteiger partial charge in [-0.1, -0.05) is 30.3 Å². The van der Waals surface area contributed by atoms with Gasteiger partial charge in [0.15, 0.2) is 5.82 Å². The zero-order valence-corrected chi connectivity index (χ0v) is 26.2. The van der Waals surface area contributed by atoms with Gasteiger partial charge in [0.1, 0.15) is 17.9 Å². The minimum Gasteiger partial charge on any atom is -0.494 e. The Labute approximate surface area is 256 Å². The molecule has 5 rings (SSSR count). The molecule has 1 amide bonds. The standard InChI is InChI=1S/C30H37ClN7O4P/c1-5-28(40)33-23-14-24(26(42-2)15-25(23)38-12-10-19(17-38)37-13-11-20(39)18-37)35-30-32-16-21(31)29(36-30)34-22-8-6-7-9-27(22)43(3,4)41/h5-9,14-16,19-20,39H,1,10-13,17-18H2,2-4H3,(H,33,40)(H2,32,34,35,36). The summed E-state index contributed by atoms with van der Waals surface area (Å²) >= 11 is 6.44. The summed E-state index contributed by atoms with van der Waals surface area (Å²) in [7, 11) is -0.998. The van der Waals surface area contributed by atoms with E-state index in [0.29, 0.717) is 46.5 Å². The van der Waals surface area contributed by atoms with Gasteiger partial charge < -0.3 is 35.3 Å². The summed E-state index contributed by atoms with van der Waals surface area (Å²) in [6, 6.07) is 11.3. The van der Waals surface area contributed by atoms with Crippen LogP contribution in [0.3, 0.4) is 0 Å². The van der Waals surface area contributed by atoms with Gasteiger partial charge in [-0.3, -0.25) is 9.69 Å². The number of halogens is 1. The number of ether oxygens (including phenoxy) is 1. The molecule has 0 spiro atoms. The number of aliphatic hydroxyl groups is 1. The maximum atomic E-state index is 12.9. The fourth-order valence-electron chi connectivity index (χ4n) is 5.55. The Balaban J connectivity index is 1.43. The van der Waals surface area contributed by atoms with Crippen molar-refractivity contribution in [1.29, 1.82) is 0 Å². The Hall–Kier alpha value is -3.63. The number of nitrogens with zero attached hydrogens (tertiary/aromatic N) is 4. The Kier molecular flexibility index (Phi) is 9.27. The lowest BCUT2D eigenvalue weighted by atomic mass is 10.2. The van der Waals surface area contributed by atoms with E-state index < -0.39 is 7.14 Å². The number of aliphatic hydroxyl groups excluding tert-OH is 1. The molecule has 4 N–H and O–H groups in total. The van der Waals surface area contributed by atoms with Crippen LogP contribution in [0, 0.1) is 0 Å². The van der Waals surface area contributed by atoms with Gasteiger partial charge >= 0.3 is 0 Å². The van der Waals surface area contributed by atoms with E-state index in [1.165, 1.54) is 12.3 Å². The van der Waals surface area contributed by atoms with E-state index in [9.17, 15) is 14.5 Å². The molecule has 3 aromatic rings. The second kappa shape index (κ2) is 12.9. The minimum atomic E-state index is -2.57. The largest absolute Gasteiger partial charge is 0.494 e. The molecule has 2 atom stereocenters. The fraction of sp³-hybridized carbons (Fsp3) is 0.367. The van der Waals surface area contributed by atoms with Gasteiger partial charge in [0.05, 0.1) is 42.2 Å². The second-order valence-electron chi connectivity index (χ2n) is 11.1. The van der Waals surface area contributed by atoms with Crippen molar-refractivity contribution >= 4 is 64.5 Å². The average molecular weight is 626 g/mol. The lowest BCUT2D eigenvalue weighted by molar-refractivity contribution is -0.111. The first-order valence-corrected chi connectivity index (χ1v) is 17.1. The highest BCUT2D eigenvalue weighted by Gasteiger charge is 2.33. The predicted octanol–water partition coefficient (Wildman–Crippen LogP) is 4.64. The number of hydrogen-bond acceptors (Lipinski definition) is 10. The van der Waals surface area contributed by atoms with Gasteiger partial charge in [-0.2, -0.15) is 4.98 Å².